The second-order valence-corrected chi connectivity index (χ2v) is 9.87. The summed E-state index contributed by atoms with van der Waals surface area (Å²) in [5.41, 5.74) is 5.31. The van der Waals surface area contributed by atoms with Crippen molar-refractivity contribution in [1.29, 1.82) is 0 Å². The molecule has 2 aliphatic rings. The molecule has 1 fully saturated rings. The number of halogens is 5. The summed E-state index contributed by atoms with van der Waals surface area (Å²) in [4.78, 5) is 17.5. The Hall–Kier alpha value is -2.26. The first kappa shape index (κ1) is 33.9. The molecule has 5 rings (SSSR count). The Labute approximate surface area is 253 Å². The van der Waals surface area contributed by atoms with Crippen molar-refractivity contribution in [2.45, 2.75) is 18.9 Å². The fourth-order valence-corrected chi connectivity index (χ4v) is 5.39. The van der Waals surface area contributed by atoms with E-state index in [0.717, 1.165) is 75.3 Å². The SMILES string of the molecule is Cl.Cl.Cl.O=C(NCCN1CCN(C(c2ccc(F)cc2)c2ccc(F)cc2)CC1)c1ccc2c(c1)CCNCC2. The van der Waals surface area contributed by atoms with Gasteiger partial charge in [0.25, 0.3) is 5.91 Å². The van der Waals surface area contributed by atoms with Crippen molar-refractivity contribution in [2.75, 3.05) is 52.4 Å². The van der Waals surface area contributed by atoms with E-state index in [1.165, 1.54) is 35.4 Å². The normalized spacial score (nSPS) is 15.6. The lowest BCUT2D eigenvalue weighted by molar-refractivity contribution is 0.0921. The van der Waals surface area contributed by atoms with E-state index in [0.29, 0.717) is 6.54 Å². The molecule has 1 amide bonds. The fraction of sp³-hybridized carbons (Fsp3) is 0.367. The Kier molecular flexibility index (Phi) is 13.8. The van der Waals surface area contributed by atoms with Crippen LogP contribution in [0.4, 0.5) is 8.78 Å². The molecule has 0 spiro atoms. The van der Waals surface area contributed by atoms with Gasteiger partial charge in [0.15, 0.2) is 0 Å². The zero-order chi connectivity index (χ0) is 25.6. The molecule has 0 aromatic heterocycles. The summed E-state index contributed by atoms with van der Waals surface area (Å²) in [5.74, 6) is -0.556. The summed E-state index contributed by atoms with van der Waals surface area (Å²) < 4.78 is 27.1. The predicted octanol–water partition coefficient (Wildman–Crippen LogP) is 5.06. The van der Waals surface area contributed by atoms with Gasteiger partial charge < -0.3 is 10.6 Å². The second kappa shape index (κ2) is 16.2. The summed E-state index contributed by atoms with van der Waals surface area (Å²) in [6.45, 7) is 6.69. The average Bonchev–Trinajstić information content (AvgIpc) is 3.17. The van der Waals surface area contributed by atoms with E-state index < -0.39 is 0 Å². The maximum absolute atomic E-state index is 13.6. The van der Waals surface area contributed by atoms with Crippen LogP contribution in [-0.4, -0.2) is 68.1 Å². The Morgan fingerprint density at radius 2 is 1.32 bits per heavy atom. The van der Waals surface area contributed by atoms with E-state index in [-0.39, 0.29) is 60.8 Å². The predicted molar refractivity (Wildman–Crippen MR) is 163 cm³/mol. The van der Waals surface area contributed by atoms with Crippen molar-refractivity contribution in [3.63, 3.8) is 0 Å². The smallest absolute Gasteiger partial charge is 0.251 e. The Morgan fingerprint density at radius 3 is 1.90 bits per heavy atom. The van der Waals surface area contributed by atoms with Gasteiger partial charge in [-0.25, -0.2) is 8.78 Å². The highest BCUT2D eigenvalue weighted by molar-refractivity contribution is 5.94. The van der Waals surface area contributed by atoms with Crippen molar-refractivity contribution in [1.82, 2.24) is 20.4 Å². The van der Waals surface area contributed by atoms with Crippen LogP contribution in [0.2, 0.25) is 0 Å². The van der Waals surface area contributed by atoms with Crippen molar-refractivity contribution in [3.05, 3.63) is 106 Å². The molecule has 0 radical (unpaired) electrons. The van der Waals surface area contributed by atoms with E-state index in [1.54, 1.807) is 0 Å². The first-order chi connectivity index (χ1) is 18.1. The van der Waals surface area contributed by atoms with Crippen molar-refractivity contribution >= 4 is 43.1 Å². The Morgan fingerprint density at radius 1 is 0.775 bits per heavy atom. The molecule has 0 aliphatic carbocycles. The molecule has 218 valence electrons. The third kappa shape index (κ3) is 8.62. The van der Waals surface area contributed by atoms with Crippen LogP contribution in [0.15, 0.2) is 66.7 Å². The van der Waals surface area contributed by atoms with Gasteiger partial charge in [0.1, 0.15) is 11.6 Å². The van der Waals surface area contributed by atoms with Crippen LogP contribution in [0.3, 0.4) is 0 Å². The number of nitrogens with one attached hydrogen (secondary N) is 2. The minimum Gasteiger partial charge on any atom is -0.351 e. The molecular weight excluding hydrogens is 577 g/mol. The van der Waals surface area contributed by atoms with Gasteiger partial charge in [-0.3, -0.25) is 14.6 Å². The standard InChI is InChI=1S/C30H34F2N4O.3ClH/c31-27-7-3-23(4-8-27)29(24-5-9-28(32)10-6-24)36-19-17-35(18-20-36)16-15-34-30(37)26-2-1-22-11-13-33-14-12-25(22)21-26;;;/h1-10,21,29,33H,11-20H2,(H,34,37);3*1H. The van der Waals surface area contributed by atoms with E-state index in [4.69, 9.17) is 0 Å². The summed E-state index contributed by atoms with van der Waals surface area (Å²) in [5, 5.41) is 6.49. The van der Waals surface area contributed by atoms with E-state index in [1.807, 2.05) is 36.4 Å². The lowest BCUT2D eigenvalue weighted by Gasteiger charge is -2.39. The molecular formula is C30H37Cl3F2N4O. The third-order valence-electron chi connectivity index (χ3n) is 7.47. The van der Waals surface area contributed by atoms with Crippen LogP contribution < -0.4 is 10.6 Å². The first-order valence-electron chi connectivity index (χ1n) is 13.1. The number of benzene rings is 3. The maximum Gasteiger partial charge on any atom is 0.251 e. The van der Waals surface area contributed by atoms with Crippen LogP contribution in [0.5, 0.6) is 0 Å². The second-order valence-electron chi connectivity index (χ2n) is 9.87. The van der Waals surface area contributed by atoms with Crippen molar-refractivity contribution in [2.24, 2.45) is 0 Å². The first-order valence-corrected chi connectivity index (χ1v) is 13.1. The average molecular weight is 614 g/mol. The minimum atomic E-state index is -0.267. The molecule has 0 saturated carbocycles. The summed E-state index contributed by atoms with van der Waals surface area (Å²) in [7, 11) is 0. The number of amides is 1. The number of nitrogens with zero attached hydrogens (tertiary/aromatic N) is 2. The van der Waals surface area contributed by atoms with Gasteiger partial charge in [0, 0.05) is 44.8 Å². The van der Waals surface area contributed by atoms with Crippen LogP contribution >= 0.6 is 37.2 Å². The van der Waals surface area contributed by atoms with Gasteiger partial charge in [-0.05, 0) is 84.6 Å². The zero-order valence-electron chi connectivity index (χ0n) is 22.3. The lowest BCUT2D eigenvalue weighted by atomic mass is 9.96. The van der Waals surface area contributed by atoms with E-state index in [2.05, 4.69) is 26.5 Å². The summed E-state index contributed by atoms with van der Waals surface area (Å²) >= 11 is 0. The Balaban J connectivity index is 0.00000187. The van der Waals surface area contributed by atoms with Gasteiger partial charge in [-0.2, -0.15) is 0 Å². The summed E-state index contributed by atoms with van der Waals surface area (Å²) in [6.07, 6.45) is 1.96. The van der Waals surface area contributed by atoms with Crippen LogP contribution in [0.1, 0.15) is 38.7 Å². The zero-order valence-corrected chi connectivity index (χ0v) is 24.7. The molecule has 3 aromatic rings. The van der Waals surface area contributed by atoms with E-state index in [9.17, 15) is 13.6 Å². The maximum atomic E-state index is 13.6. The molecule has 0 atom stereocenters. The quantitative estimate of drug-likeness (QED) is 0.392. The number of fused-ring (bicyclic) bond motifs is 1. The fourth-order valence-electron chi connectivity index (χ4n) is 5.39. The van der Waals surface area contributed by atoms with Gasteiger partial charge in [0.05, 0.1) is 6.04 Å². The summed E-state index contributed by atoms with van der Waals surface area (Å²) in [6, 6.07) is 19.2. The lowest BCUT2D eigenvalue weighted by Crippen LogP contribution is -2.49. The number of hydrogen-bond donors (Lipinski definition) is 2. The van der Waals surface area contributed by atoms with Crippen LogP contribution in [-0.2, 0) is 12.8 Å². The molecule has 40 heavy (non-hydrogen) atoms. The topological polar surface area (TPSA) is 47.6 Å². The number of piperazine rings is 1. The Bertz CT molecular complexity index is 1160. The minimum absolute atomic E-state index is 0. The van der Waals surface area contributed by atoms with Gasteiger partial charge in [-0.15, -0.1) is 37.2 Å². The van der Waals surface area contributed by atoms with Gasteiger partial charge >= 0.3 is 0 Å². The monoisotopic (exact) mass is 612 g/mol. The molecule has 3 aromatic carbocycles. The highest BCUT2D eigenvalue weighted by Crippen LogP contribution is 2.30. The van der Waals surface area contributed by atoms with Gasteiger partial charge in [-0.1, -0.05) is 30.3 Å². The molecule has 2 N–H and O–H groups in total. The molecule has 0 bridgehead atoms. The van der Waals surface area contributed by atoms with Crippen LogP contribution in [0, 0.1) is 11.6 Å². The molecule has 5 nitrogen and oxygen atoms in total. The molecule has 0 unspecified atom stereocenters. The van der Waals surface area contributed by atoms with Gasteiger partial charge in [0.2, 0.25) is 0 Å². The molecule has 2 aliphatic heterocycles. The number of carbonyl (C=O) groups excluding carboxylic acids is 1. The van der Waals surface area contributed by atoms with E-state index >= 15 is 0 Å². The highest BCUT2D eigenvalue weighted by Gasteiger charge is 2.26. The molecule has 2 heterocycles. The highest BCUT2D eigenvalue weighted by atomic mass is 35.5. The number of carbonyl (C=O) groups is 1. The number of hydrogen-bond acceptors (Lipinski definition) is 4. The number of rotatable bonds is 7. The largest absolute Gasteiger partial charge is 0.351 e. The molecule has 10 heteroatoms. The van der Waals surface area contributed by atoms with Crippen LogP contribution in [0.25, 0.3) is 0 Å². The third-order valence-corrected chi connectivity index (χ3v) is 7.47. The molecule has 1 saturated heterocycles. The van der Waals surface area contributed by atoms with Crippen molar-refractivity contribution in [3.8, 4) is 0 Å². The van der Waals surface area contributed by atoms with Crippen molar-refractivity contribution < 1.29 is 13.6 Å².